The standard InChI is InChI=1S/C16H34N2O2/c1-6-9-12-18(13-10-7-2)14-11-16(4,17-8-3)15(19)20-5/h17H,6-14H2,1-5H3. The van der Waals surface area contributed by atoms with Gasteiger partial charge >= 0.3 is 5.97 Å². The Morgan fingerprint density at radius 3 is 2.05 bits per heavy atom. The van der Waals surface area contributed by atoms with Crippen molar-refractivity contribution in [3.63, 3.8) is 0 Å². The van der Waals surface area contributed by atoms with Crippen LogP contribution in [0.4, 0.5) is 0 Å². The van der Waals surface area contributed by atoms with E-state index < -0.39 is 5.54 Å². The van der Waals surface area contributed by atoms with Crippen LogP contribution in [-0.2, 0) is 9.53 Å². The van der Waals surface area contributed by atoms with E-state index >= 15 is 0 Å². The minimum absolute atomic E-state index is 0.162. The Balaban J connectivity index is 4.47. The molecule has 1 unspecified atom stereocenters. The van der Waals surface area contributed by atoms with E-state index in [1.807, 2.05) is 13.8 Å². The Bertz CT molecular complexity index is 251. The van der Waals surface area contributed by atoms with Gasteiger partial charge in [0.05, 0.1) is 7.11 Å². The van der Waals surface area contributed by atoms with Gasteiger partial charge in [-0.25, -0.2) is 0 Å². The third-order valence-electron chi connectivity index (χ3n) is 3.79. The lowest BCUT2D eigenvalue weighted by atomic mass is 9.97. The van der Waals surface area contributed by atoms with Crippen molar-refractivity contribution >= 4 is 5.97 Å². The number of ether oxygens (including phenoxy) is 1. The zero-order valence-corrected chi connectivity index (χ0v) is 14.1. The molecule has 120 valence electrons. The van der Waals surface area contributed by atoms with Gasteiger partial charge in [-0.2, -0.15) is 0 Å². The second kappa shape index (κ2) is 11.1. The Morgan fingerprint density at radius 1 is 1.10 bits per heavy atom. The minimum atomic E-state index is -0.569. The molecule has 0 saturated carbocycles. The van der Waals surface area contributed by atoms with Crippen LogP contribution in [0.5, 0.6) is 0 Å². The summed E-state index contributed by atoms with van der Waals surface area (Å²) >= 11 is 0. The third-order valence-corrected chi connectivity index (χ3v) is 3.79. The quantitative estimate of drug-likeness (QED) is 0.560. The fourth-order valence-electron chi connectivity index (χ4n) is 2.36. The summed E-state index contributed by atoms with van der Waals surface area (Å²) in [6.45, 7) is 12.4. The zero-order valence-electron chi connectivity index (χ0n) is 14.1. The molecule has 0 aromatic carbocycles. The van der Waals surface area contributed by atoms with Crippen molar-refractivity contribution < 1.29 is 9.53 Å². The van der Waals surface area contributed by atoms with Gasteiger partial charge in [-0.15, -0.1) is 0 Å². The lowest BCUT2D eigenvalue weighted by molar-refractivity contribution is -0.148. The summed E-state index contributed by atoms with van der Waals surface area (Å²) in [7, 11) is 1.46. The van der Waals surface area contributed by atoms with Crippen LogP contribution in [0.1, 0.15) is 59.8 Å². The molecule has 0 amide bonds. The van der Waals surface area contributed by atoms with Crippen LogP contribution in [0, 0.1) is 0 Å². The molecule has 1 atom stereocenters. The summed E-state index contributed by atoms with van der Waals surface area (Å²) < 4.78 is 4.94. The van der Waals surface area contributed by atoms with Gasteiger partial charge in [0.1, 0.15) is 5.54 Å². The molecule has 0 spiro atoms. The molecule has 0 aliphatic carbocycles. The fraction of sp³-hybridized carbons (Fsp3) is 0.938. The lowest BCUT2D eigenvalue weighted by Gasteiger charge is -2.31. The first-order chi connectivity index (χ1) is 9.53. The fourth-order valence-corrected chi connectivity index (χ4v) is 2.36. The second-order valence-corrected chi connectivity index (χ2v) is 5.65. The van der Waals surface area contributed by atoms with Crippen LogP contribution in [0.15, 0.2) is 0 Å². The predicted octanol–water partition coefficient (Wildman–Crippen LogP) is 2.82. The van der Waals surface area contributed by atoms with Gasteiger partial charge in [0.25, 0.3) is 0 Å². The van der Waals surface area contributed by atoms with Gasteiger partial charge in [-0.05, 0) is 45.8 Å². The highest BCUT2D eigenvalue weighted by molar-refractivity contribution is 5.80. The van der Waals surface area contributed by atoms with E-state index in [4.69, 9.17) is 4.74 Å². The van der Waals surface area contributed by atoms with Crippen LogP contribution in [0.2, 0.25) is 0 Å². The highest BCUT2D eigenvalue weighted by atomic mass is 16.5. The first kappa shape index (κ1) is 19.4. The van der Waals surface area contributed by atoms with Crippen LogP contribution in [0.3, 0.4) is 0 Å². The van der Waals surface area contributed by atoms with Gasteiger partial charge < -0.3 is 15.0 Å². The highest BCUT2D eigenvalue weighted by Gasteiger charge is 2.33. The molecule has 0 saturated heterocycles. The van der Waals surface area contributed by atoms with Crippen LogP contribution in [0.25, 0.3) is 0 Å². The number of likely N-dealkylation sites (N-methyl/N-ethyl adjacent to an activating group) is 1. The summed E-state index contributed by atoms with van der Waals surface area (Å²) in [4.78, 5) is 14.4. The number of carbonyl (C=O) groups is 1. The average Bonchev–Trinajstić information content (AvgIpc) is 2.45. The van der Waals surface area contributed by atoms with Crippen LogP contribution < -0.4 is 5.32 Å². The number of rotatable bonds is 12. The van der Waals surface area contributed by atoms with Gasteiger partial charge in [0.15, 0.2) is 0 Å². The van der Waals surface area contributed by atoms with Crippen LogP contribution >= 0.6 is 0 Å². The van der Waals surface area contributed by atoms with E-state index in [9.17, 15) is 4.79 Å². The van der Waals surface area contributed by atoms with E-state index in [0.717, 1.165) is 32.6 Å². The van der Waals surface area contributed by atoms with Gasteiger partial charge in [-0.1, -0.05) is 33.6 Å². The molecule has 0 aliphatic heterocycles. The summed E-state index contributed by atoms with van der Waals surface area (Å²) in [5.41, 5.74) is -0.569. The molecule has 0 aliphatic rings. The molecular formula is C16H34N2O2. The first-order valence-electron chi connectivity index (χ1n) is 8.09. The summed E-state index contributed by atoms with van der Waals surface area (Å²) in [6.07, 6.45) is 5.66. The first-order valence-corrected chi connectivity index (χ1v) is 8.09. The maximum atomic E-state index is 12.0. The predicted molar refractivity (Wildman–Crippen MR) is 85.0 cm³/mol. The van der Waals surface area contributed by atoms with Crippen molar-refractivity contribution in [1.82, 2.24) is 10.2 Å². The molecule has 0 fully saturated rings. The SMILES string of the molecule is CCCCN(CCCC)CCC(C)(NCC)C(=O)OC. The molecule has 0 aromatic rings. The normalized spacial score (nSPS) is 14.3. The van der Waals surface area contributed by atoms with E-state index in [1.165, 1.54) is 32.8 Å². The van der Waals surface area contributed by atoms with Crippen molar-refractivity contribution in [2.75, 3.05) is 33.3 Å². The maximum absolute atomic E-state index is 12.0. The molecule has 0 rings (SSSR count). The van der Waals surface area contributed by atoms with Gasteiger partial charge in [0, 0.05) is 6.54 Å². The van der Waals surface area contributed by atoms with Crippen molar-refractivity contribution in [1.29, 1.82) is 0 Å². The number of carbonyl (C=O) groups excluding carboxylic acids is 1. The second-order valence-electron chi connectivity index (χ2n) is 5.65. The smallest absolute Gasteiger partial charge is 0.325 e. The Kier molecular flexibility index (Phi) is 10.8. The zero-order chi connectivity index (χ0) is 15.4. The third kappa shape index (κ3) is 7.25. The molecule has 1 N–H and O–H groups in total. The van der Waals surface area contributed by atoms with Crippen molar-refractivity contribution in [2.24, 2.45) is 0 Å². The molecule has 0 radical (unpaired) electrons. The van der Waals surface area contributed by atoms with Crippen molar-refractivity contribution in [3.8, 4) is 0 Å². The van der Waals surface area contributed by atoms with Crippen LogP contribution in [-0.4, -0.2) is 49.7 Å². The minimum Gasteiger partial charge on any atom is -0.468 e. The number of methoxy groups -OCH3 is 1. The summed E-state index contributed by atoms with van der Waals surface area (Å²) in [5, 5.41) is 3.28. The number of hydrogen-bond acceptors (Lipinski definition) is 4. The molecule has 0 bridgehead atoms. The van der Waals surface area contributed by atoms with E-state index in [-0.39, 0.29) is 5.97 Å². The molecule has 0 aromatic heterocycles. The Morgan fingerprint density at radius 2 is 1.65 bits per heavy atom. The highest BCUT2D eigenvalue weighted by Crippen LogP contribution is 2.14. The maximum Gasteiger partial charge on any atom is 0.325 e. The molecule has 4 nitrogen and oxygen atoms in total. The topological polar surface area (TPSA) is 41.6 Å². The van der Waals surface area contributed by atoms with E-state index in [2.05, 4.69) is 24.1 Å². The number of hydrogen-bond donors (Lipinski definition) is 1. The van der Waals surface area contributed by atoms with Gasteiger partial charge in [-0.3, -0.25) is 4.79 Å². The lowest BCUT2D eigenvalue weighted by Crippen LogP contribution is -2.52. The number of nitrogens with one attached hydrogen (secondary N) is 1. The number of unbranched alkanes of at least 4 members (excludes halogenated alkanes) is 2. The number of nitrogens with zero attached hydrogens (tertiary/aromatic N) is 1. The number of esters is 1. The summed E-state index contributed by atoms with van der Waals surface area (Å²) in [6, 6.07) is 0. The van der Waals surface area contributed by atoms with Crippen molar-refractivity contribution in [2.45, 2.75) is 65.3 Å². The van der Waals surface area contributed by atoms with Crippen molar-refractivity contribution in [3.05, 3.63) is 0 Å². The Hall–Kier alpha value is -0.610. The van der Waals surface area contributed by atoms with E-state index in [0.29, 0.717) is 0 Å². The molecule has 4 heteroatoms. The van der Waals surface area contributed by atoms with E-state index in [1.54, 1.807) is 0 Å². The largest absolute Gasteiger partial charge is 0.468 e. The molecular weight excluding hydrogens is 252 g/mol. The summed E-state index contributed by atoms with van der Waals surface area (Å²) in [5.74, 6) is -0.162. The molecule has 0 heterocycles. The molecule has 20 heavy (non-hydrogen) atoms. The monoisotopic (exact) mass is 286 g/mol. The van der Waals surface area contributed by atoms with Gasteiger partial charge in [0.2, 0.25) is 0 Å². The Labute approximate surface area is 125 Å². The average molecular weight is 286 g/mol.